The maximum atomic E-state index is 12.6. The molecular weight excluding hydrogens is 433 g/mol. The third-order valence-corrected chi connectivity index (χ3v) is 5.36. The van der Waals surface area contributed by atoms with Crippen molar-refractivity contribution in [2.75, 3.05) is 13.1 Å². The maximum absolute atomic E-state index is 12.6. The van der Waals surface area contributed by atoms with Crippen LogP contribution in [0.25, 0.3) is 11.3 Å². The molecule has 0 aliphatic carbocycles. The predicted octanol–water partition coefficient (Wildman–Crippen LogP) is 3.47. The second-order valence-electron chi connectivity index (χ2n) is 6.46. The zero-order chi connectivity index (χ0) is 22.4. The van der Waals surface area contributed by atoms with Gasteiger partial charge < -0.3 is 10.0 Å². The smallest absolute Gasteiger partial charge is 0.475 e. The molecule has 0 bridgehead atoms. The van der Waals surface area contributed by atoms with E-state index in [9.17, 15) is 18.0 Å². The normalized spacial score (nSPS) is 13.5. The number of rotatable bonds is 2. The first-order valence-corrected chi connectivity index (χ1v) is 10.0. The van der Waals surface area contributed by atoms with Crippen molar-refractivity contribution in [2.24, 2.45) is 0 Å². The van der Waals surface area contributed by atoms with Crippen LogP contribution in [0.2, 0.25) is 0 Å². The van der Waals surface area contributed by atoms with E-state index in [0.717, 1.165) is 40.2 Å². The lowest BCUT2D eigenvalue weighted by atomic mass is 10.0. The van der Waals surface area contributed by atoms with Crippen LogP contribution in [0.5, 0.6) is 0 Å². The summed E-state index contributed by atoms with van der Waals surface area (Å²) in [5.41, 5.74) is 4.18. The number of halogens is 3. The Balaban J connectivity index is 0.000000339. The molecule has 1 amide bonds. The molecule has 7 nitrogen and oxygen atoms in total. The van der Waals surface area contributed by atoms with E-state index in [1.165, 1.54) is 11.3 Å². The number of pyridine rings is 1. The van der Waals surface area contributed by atoms with Gasteiger partial charge in [-0.2, -0.15) is 13.2 Å². The Morgan fingerprint density at radius 2 is 1.74 bits per heavy atom. The average Bonchev–Trinajstić information content (AvgIpc) is 3.20. The summed E-state index contributed by atoms with van der Waals surface area (Å²) in [7, 11) is 0. The summed E-state index contributed by atoms with van der Waals surface area (Å²) in [5, 5.41) is 9.06. The average molecular weight is 450 g/mol. The zero-order valence-electron chi connectivity index (χ0n) is 16.0. The summed E-state index contributed by atoms with van der Waals surface area (Å²) in [4.78, 5) is 37.2. The number of aromatic nitrogens is 3. The Kier molecular flexibility index (Phi) is 6.95. The molecular formula is C20H17F3N4O3S. The van der Waals surface area contributed by atoms with E-state index in [1.807, 2.05) is 34.5 Å². The molecule has 1 aliphatic rings. The Labute approximate surface area is 179 Å². The highest BCUT2D eigenvalue weighted by atomic mass is 32.1. The van der Waals surface area contributed by atoms with Crippen LogP contribution >= 0.6 is 11.3 Å². The van der Waals surface area contributed by atoms with Gasteiger partial charge in [-0.1, -0.05) is 6.07 Å². The lowest BCUT2D eigenvalue weighted by Crippen LogP contribution is -2.32. The number of alkyl halides is 3. The van der Waals surface area contributed by atoms with Gasteiger partial charge in [-0.15, -0.1) is 11.3 Å². The fraction of sp³-hybridized carbons (Fsp3) is 0.250. The molecule has 0 unspecified atom stereocenters. The number of carboxylic acids is 1. The molecule has 11 heteroatoms. The van der Waals surface area contributed by atoms with E-state index in [0.29, 0.717) is 13.1 Å². The molecule has 0 fully saturated rings. The minimum atomic E-state index is -5.08. The number of nitrogens with zero attached hydrogens (tertiary/aromatic N) is 4. The number of carboxylic acid groups (broad SMARTS) is 1. The van der Waals surface area contributed by atoms with Gasteiger partial charge in [0, 0.05) is 48.7 Å². The van der Waals surface area contributed by atoms with Gasteiger partial charge in [0.05, 0.1) is 10.6 Å². The van der Waals surface area contributed by atoms with Crippen molar-refractivity contribution < 1.29 is 27.9 Å². The van der Waals surface area contributed by atoms with Crippen molar-refractivity contribution in [1.82, 2.24) is 19.9 Å². The molecule has 162 valence electrons. The van der Waals surface area contributed by atoms with E-state index >= 15 is 0 Å². The van der Waals surface area contributed by atoms with Gasteiger partial charge in [0.1, 0.15) is 6.33 Å². The SMILES string of the molecule is O=C(O)C(F)(F)F.O=C(c1cccs1)N1CCc2ncnc(-c3ccncc3)c2CC1. The summed E-state index contributed by atoms with van der Waals surface area (Å²) >= 11 is 1.49. The largest absolute Gasteiger partial charge is 0.490 e. The lowest BCUT2D eigenvalue weighted by Gasteiger charge is -2.19. The number of thiophene rings is 1. The molecule has 3 aromatic rings. The van der Waals surface area contributed by atoms with E-state index in [1.54, 1.807) is 18.7 Å². The van der Waals surface area contributed by atoms with E-state index < -0.39 is 12.1 Å². The van der Waals surface area contributed by atoms with E-state index in [2.05, 4.69) is 15.0 Å². The molecule has 1 aliphatic heterocycles. The van der Waals surface area contributed by atoms with Gasteiger partial charge in [0.15, 0.2) is 0 Å². The molecule has 0 saturated heterocycles. The first-order valence-electron chi connectivity index (χ1n) is 9.13. The lowest BCUT2D eigenvalue weighted by molar-refractivity contribution is -0.192. The minimum Gasteiger partial charge on any atom is -0.475 e. The van der Waals surface area contributed by atoms with Crippen LogP contribution < -0.4 is 0 Å². The first kappa shape index (κ1) is 22.3. The highest BCUT2D eigenvalue weighted by Gasteiger charge is 2.38. The summed E-state index contributed by atoms with van der Waals surface area (Å²) < 4.78 is 31.7. The van der Waals surface area contributed by atoms with Crippen LogP contribution in [0, 0.1) is 0 Å². The Morgan fingerprint density at radius 3 is 2.35 bits per heavy atom. The number of aliphatic carboxylic acids is 1. The van der Waals surface area contributed by atoms with Gasteiger partial charge >= 0.3 is 12.1 Å². The third-order valence-electron chi connectivity index (χ3n) is 4.50. The Bertz CT molecular complexity index is 1040. The second-order valence-corrected chi connectivity index (χ2v) is 7.40. The van der Waals surface area contributed by atoms with Crippen molar-refractivity contribution in [2.45, 2.75) is 19.0 Å². The number of carbonyl (C=O) groups is 2. The zero-order valence-corrected chi connectivity index (χ0v) is 16.9. The fourth-order valence-electron chi connectivity index (χ4n) is 3.04. The molecule has 0 aromatic carbocycles. The van der Waals surface area contributed by atoms with Crippen molar-refractivity contribution in [3.05, 3.63) is 64.5 Å². The van der Waals surface area contributed by atoms with Crippen LogP contribution in [-0.2, 0) is 17.6 Å². The fourth-order valence-corrected chi connectivity index (χ4v) is 3.73. The molecule has 0 atom stereocenters. The number of hydrogen-bond acceptors (Lipinski definition) is 6. The highest BCUT2D eigenvalue weighted by molar-refractivity contribution is 7.12. The summed E-state index contributed by atoms with van der Waals surface area (Å²) in [6.45, 7) is 1.38. The van der Waals surface area contributed by atoms with E-state index in [4.69, 9.17) is 9.90 Å². The molecule has 4 heterocycles. The van der Waals surface area contributed by atoms with Crippen LogP contribution in [0.1, 0.15) is 20.9 Å². The van der Waals surface area contributed by atoms with Crippen molar-refractivity contribution in [3.8, 4) is 11.3 Å². The van der Waals surface area contributed by atoms with Crippen molar-refractivity contribution >= 4 is 23.2 Å². The molecule has 31 heavy (non-hydrogen) atoms. The number of carbonyl (C=O) groups excluding carboxylic acids is 1. The number of amides is 1. The number of hydrogen-bond donors (Lipinski definition) is 1. The third kappa shape index (κ3) is 5.63. The minimum absolute atomic E-state index is 0.108. The summed E-state index contributed by atoms with van der Waals surface area (Å²) in [5.74, 6) is -2.65. The summed E-state index contributed by atoms with van der Waals surface area (Å²) in [6, 6.07) is 7.72. The topological polar surface area (TPSA) is 96.3 Å². The molecule has 0 spiro atoms. The van der Waals surface area contributed by atoms with Crippen LogP contribution in [0.15, 0.2) is 48.4 Å². The van der Waals surface area contributed by atoms with Crippen LogP contribution in [0.3, 0.4) is 0 Å². The van der Waals surface area contributed by atoms with Gasteiger partial charge in [0.25, 0.3) is 5.91 Å². The Morgan fingerprint density at radius 1 is 1.06 bits per heavy atom. The maximum Gasteiger partial charge on any atom is 0.490 e. The second kappa shape index (κ2) is 9.65. The predicted molar refractivity (Wildman–Crippen MR) is 107 cm³/mol. The van der Waals surface area contributed by atoms with Crippen molar-refractivity contribution in [3.63, 3.8) is 0 Å². The number of fused-ring (bicyclic) bond motifs is 1. The first-order chi connectivity index (χ1) is 14.8. The monoisotopic (exact) mass is 450 g/mol. The molecule has 0 saturated carbocycles. The molecule has 3 aromatic heterocycles. The highest BCUT2D eigenvalue weighted by Crippen LogP contribution is 2.26. The van der Waals surface area contributed by atoms with Gasteiger partial charge in [-0.3, -0.25) is 9.78 Å². The van der Waals surface area contributed by atoms with Gasteiger partial charge in [-0.25, -0.2) is 14.8 Å². The quantitative estimate of drug-likeness (QED) is 0.642. The Hall–Kier alpha value is -3.34. The molecule has 1 N–H and O–H groups in total. The van der Waals surface area contributed by atoms with Gasteiger partial charge in [0.2, 0.25) is 0 Å². The molecule has 0 radical (unpaired) electrons. The summed E-state index contributed by atoms with van der Waals surface area (Å²) in [6.07, 6.45) is 1.60. The van der Waals surface area contributed by atoms with Crippen LogP contribution in [0.4, 0.5) is 13.2 Å². The van der Waals surface area contributed by atoms with Crippen molar-refractivity contribution in [1.29, 1.82) is 0 Å². The standard InChI is InChI=1S/C18H16N4OS.C2HF3O2/c23-18(16-2-1-11-24-16)22-9-5-14-15(6-10-22)20-12-21-17(14)13-3-7-19-8-4-13;3-2(4,5)1(6)7/h1-4,7-8,11-12H,5-6,9-10H2;(H,6,7). The van der Waals surface area contributed by atoms with Gasteiger partial charge in [-0.05, 0) is 30.0 Å². The van der Waals surface area contributed by atoms with Crippen LogP contribution in [-0.4, -0.2) is 56.1 Å². The molecule has 4 rings (SSSR count). The van der Waals surface area contributed by atoms with E-state index in [-0.39, 0.29) is 5.91 Å².